The number of halogens is 2. The van der Waals surface area contributed by atoms with E-state index in [0.29, 0.717) is 19.6 Å². The number of rotatable bonds is 5. The summed E-state index contributed by atoms with van der Waals surface area (Å²) >= 11 is 0. The molecule has 3 rings (SSSR count). The molecule has 1 aromatic carbocycles. The first-order valence-corrected chi connectivity index (χ1v) is 8.43. The molecule has 0 unspecified atom stereocenters. The van der Waals surface area contributed by atoms with Gasteiger partial charge in [-0.1, -0.05) is 12.1 Å². The Morgan fingerprint density at radius 1 is 1.16 bits per heavy atom. The van der Waals surface area contributed by atoms with Gasteiger partial charge in [0.1, 0.15) is 17.4 Å². The molecule has 0 radical (unpaired) electrons. The molecule has 0 amide bonds. The number of pyridine rings is 1. The zero-order chi connectivity index (χ0) is 17.9. The summed E-state index contributed by atoms with van der Waals surface area (Å²) in [6.07, 6.45) is -0.228. The van der Waals surface area contributed by atoms with Crippen molar-refractivity contribution in [1.82, 2.24) is 4.98 Å². The van der Waals surface area contributed by atoms with Crippen molar-refractivity contribution in [3.8, 4) is 5.75 Å². The molecular formula is C19H23F2N3O. The van der Waals surface area contributed by atoms with E-state index in [1.54, 1.807) is 7.11 Å². The van der Waals surface area contributed by atoms with Gasteiger partial charge in [-0.2, -0.15) is 0 Å². The van der Waals surface area contributed by atoms with Gasteiger partial charge in [-0.05, 0) is 42.3 Å². The first-order chi connectivity index (χ1) is 11.9. The van der Waals surface area contributed by atoms with Gasteiger partial charge in [-0.3, -0.25) is 0 Å². The third-order valence-electron chi connectivity index (χ3n) is 4.41. The number of aryl methyl sites for hydroxylation is 1. The number of methoxy groups -OCH3 is 1. The summed E-state index contributed by atoms with van der Waals surface area (Å²) in [6.45, 7) is 3.29. The molecule has 0 saturated carbocycles. The average molecular weight is 347 g/mol. The zero-order valence-electron chi connectivity index (χ0n) is 14.6. The lowest BCUT2D eigenvalue weighted by Gasteiger charge is -2.32. The van der Waals surface area contributed by atoms with E-state index in [0.717, 1.165) is 28.5 Å². The molecule has 2 heterocycles. The lowest BCUT2D eigenvalue weighted by molar-refractivity contribution is -0.0221. The molecule has 2 aromatic rings. The Kier molecular flexibility index (Phi) is 5.06. The molecule has 25 heavy (non-hydrogen) atoms. The minimum atomic E-state index is -2.55. The molecule has 1 aliphatic heterocycles. The maximum atomic E-state index is 13.3. The molecule has 1 saturated heterocycles. The van der Waals surface area contributed by atoms with Gasteiger partial charge in [-0.25, -0.2) is 13.8 Å². The van der Waals surface area contributed by atoms with Crippen molar-refractivity contribution in [2.24, 2.45) is 0 Å². The van der Waals surface area contributed by atoms with Crippen LogP contribution in [0, 0.1) is 6.92 Å². The number of hydrogen-bond donors (Lipinski definition) is 1. The fourth-order valence-electron chi connectivity index (χ4n) is 2.90. The third kappa shape index (κ3) is 4.59. The smallest absolute Gasteiger partial charge is 0.251 e. The summed E-state index contributed by atoms with van der Waals surface area (Å²) in [5, 5.41) is 3.31. The summed E-state index contributed by atoms with van der Waals surface area (Å²) in [6, 6.07) is 11.7. The van der Waals surface area contributed by atoms with Crippen molar-refractivity contribution in [3.05, 3.63) is 47.5 Å². The molecular weight excluding hydrogens is 324 g/mol. The Balaban J connectivity index is 1.66. The van der Waals surface area contributed by atoms with Gasteiger partial charge >= 0.3 is 0 Å². The largest absolute Gasteiger partial charge is 0.497 e. The van der Waals surface area contributed by atoms with Gasteiger partial charge in [0.05, 0.1) is 7.11 Å². The van der Waals surface area contributed by atoms with Crippen molar-refractivity contribution in [1.29, 1.82) is 0 Å². The summed E-state index contributed by atoms with van der Waals surface area (Å²) < 4.78 is 31.8. The predicted octanol–water partition coefficient (Wildman–Crippen LogP) is 4.25. The Bertz CT molecular complexity index is 709. The predicted molar refractivity (Wildman–Crippen MR) is 95.7 cm³/mol. The second-order valence-corrected chi connectivity index (χ2v) is 6.43. The van der Waals surface area contributed by atoms with Crippen LogP contribution in [0.25, 0.3) is 0 Å². The highest BCUT2D eigenvalue weighted by atomic mass is 19.3. The van der Waals surface area contributed by atoms with Gasteiger partial charge in [0.15, 0.2) is 0 Å². The molecule has 0 aliphatic carbocycles. The number of anilines is 2. The topological polar surface area (TPSA) is 37.4 Å². The lowest BCUT2D eigenvalue weighted by atomic mass is 10.1. The van der Waals surface area contributed by atoms with E-state index in [2.05, 4.69) is 10.3 Å². The molecule has 4 nitrogen and oxygen atoms in total. The van der Waals surface area contributed by atoms with Gasteiger partial charge in [0, 0.05) is 32.5 Å². The van der Waals surface area contributed by atoms with E-state index in [-0.39, 0.29) is 12.8 Å². The number of alkyl halides is 2. The van der Waals surface area contributed by atoms with Crippen molar-refractivity contribution < 1.29 is 13.5 Å². The second kappa shape index (κ2) is 7.25. The fourth-order valence-corrected chi connectivity index (χ4v) is 2.90. The lowest BCUT2D eigenvalue weighted by Crippen LogP contribution is -2.39. The van der Waals surface area contributed by atoms with Gasteiger partial charge in [-0.15, -0.1) is 0 Å². The quantitative estimate of drug-likeness (QED) is 0.878. The first-order valence-electron chi connectivity index (χ1n) is 8.43. The number of hydrogen-bond acceptors (Lipinski definition) is 4. The fraction of sp³-hybridized carbons (Fsp3) is 0.421. The molecule has 0 spiro atoms. The summed E-state index contributed by atoms with van der Waals surface area (Å²) in [7, 11) is 1.64. The summed E-state index contributed by atoms with van der Waals surface area (Å²) in [4.78, 5) is 6.53. The maximum Gasteiger partial charge on any atom is 0.251 e. The van der Waals surface area contributed by atoms with Crippen LogP contribution in [0.2, 0.25) is 0 Å². The normalized spacial score (nSPS) is 16.6. The second-order valence-electron chi connectivity index (χ2n) is 6.43. The standard InChI is InChI=1S/C19H23F2N3O/c1-14-11-17(22-13-15-3-5-16(25-2)6-4-15)23-18(12-14)24-9-7-19(20,21)8-10-24/h3-6,11-12H,7-10,13H2,1-2H3,(H,22,23). The van der Waals surface area contributed by atoms with Crippen LogP contribution in [0.3, 0.4) is 0 Å². The maximum absolute atomic E-state index is 13.3. The molecule has 0 atom stereocenters. The molecule has 6 heteroatoms. The Labute approximate surface area is 146 Å². The van der Waals surface area contributed by atoms with Crippen LogP contribution >= 0.6 is 0 Å². The number of benzene rings is 1. The van der Waals surface area contributed by atoms with Crippen molar-refractivity contribution in [3.63, 3.8) is 0 Å². The van der Waals surface area contributed by atoms with E-state index in [1.165, 1.54) is 0 Å². The van der Waals surface area contributed by atoms with Crippen LogP contribution in [0.15, 0.2) is 36.4 Å². The Hall–Kier alpha value is -2.37. The van der Waals surface area contributed by atoms with Crippen LogP contribution in [0.1, 0.15) is 24.0 Å². The number of nitrogens with zero attached hydrogens (tertiary/aromatic N) is 2. The van der Waals surface area contributed by atoms with Crippen LogP contribution in [-0.4, -0.2) is 31.1 Å². The highest BCUT2D eigenvalue weighted by molar-refractivity contribution is 5.51. The highest BCUT2D eigenvalue weighted by Crippen LogP contribution is 2.30. The van der Waals surface area contributed by atoms with Crippen LogP contribution in [0.5, 0.6) is 5.75 Å². The summed E-state index contributed by atoms with van der Waals surface area (Å²) in [5.74, 6) is -0.215. The van der Waals surface area contributed by atoms with Gasteiger partial charge in [0.2, 0.25) is 0 Å². The number of piperidine rings is 1. The highest BCUT2D eigenvalue weighted by Gasteiger charge is 2.34. The summed E-state index contributed by atoms with van der Waals surface area (Å²) in [5.41, 5.74) is 2.17. The molecule has 1 N–H and O–H groups in total. The van der Waals surface area contributed by atoms with E-state index in [4.69, 9.17) is 4.74 Å². The number of nitrogens with one attached hydrogen (secondary N) is 1. The van der Waals surface area contributed by atoms with Gasteiger partial charge in [0.25, 0.3) is 5.92 Å². The molecule has 1 aromatic heterocycles. The minimum absolute atomic E-state index is 0.114. The molecule has 1 fully saturated rings. The SMILES string of the molecule is COc1ccc(CNc2cc(C)cc(N3CCC(F)(F)CC3)n2)cc1. The van der Waals surface area contributed by atoms with Crippen molar-refractivity contribution >= 4 is 11.6 Å². The van der Waals surface area contributed by atoms with E-state index in [9.17, 15) is 8.78 Å². The minimum Gasteiger partial charge on any atom is -0.497 e. The number of ether oxygens (including phenoxy) is 1. The van der Waals surface area contributed by atoms with Crippen molar-refractivity contribution in [2.45, 2.75) is 32.2 Å². The monoisotopic (exact) mass is 347 g/mol. The third-order valence-corrected chi connectivity index (χ3v) is 4.41. The van der Waals surface area contributed by atoms with Crippen LogP contribution < -0.4 is 15.0 Å². The Morgan fingerprint density at radius 2 is 1.84 bits per heavy atom. The zero-order valence-corrected chi connectivity index (χ0v) is 14.6. The van der Waals surface area contributed by atoms with E-state index < -0.39 is 5.92 Å². The van der Waals surface area contributed by atoms with E-state index >= 15 is 0 Å². The van der Waals surface area contributed by atoms with Crippen LogP contribution in [0.4, 0.5) is 20.4 Å². The first kappa shape index (κ1) is 17.5. The van der Waals surface area contributed by atoms with Crippen LogP contribution in [-0.2, 0) is 6.54 Å². The molecule has 1 aliphatic rings. The van der Waals surface area contributed by atoms with E-state index in [1.807, 2.05) is 48.2 Å². The van der Waals surface area contributed by atoms with Crippen molar-refractivity contribution in [2.75, 3.05) is 30.4 Å². The van der Waals surface area contributed by atoms with Gasteiger partial charge < -0.3 is 15.0 Å². The number of aromatic nitrogens is 1. The Morgan fingerprint density at radius 3 is 2.48 bits per heavy atom. The molecule has 0 bridgehead atoms. The molecule has 134 valence electrons. The average Bonchev–Trinajstić information content (AvgIpc) is 2.60.